The summed E-state index contributed by atoms with van der Waals surface area (Å²) in [6, 6.07) is 39.1. The van der Waals surface area contributed by atoms with Crippen LogP contribution in [0.4, 0.5) is 0 Å². The molecule has 0 fully saturated rings. The Morgan fingerprint density at radius 3 is 2.26 bits per heavy atom. The van der Waals surface area contributed by atoms with Crippen LogP contribution in [0.25, 0.3) is 43.8 Å². The molecule has 0 bridgehead atoms. The predicted octanol–water partition coefficient (Wildman–Crippen LogP) is 2.74. The van der Waals surface area contributed by atoms with Gasteiger partial charge in [-0.3, -0.25) is 0 Å². The summed E-state index contributed by atoms with van der Waals surface area (Å²) < 4.78 is 4.64. The fourth-order valence-corrected chi connectivity index (χ4v) is 5.92. The average Bonchev–Trinajstić information content (AvgIpc) is 3.73. The number of nitrogens with zero attached hydrogens (tertiary/aromatic N) is 2. The molecular weight excluding hydrogens is 599 g/mol. The quantitative estimate of drug-likeness (QED) is 0.262. The monoisotopic (exact) mass is 624 g/mol. The van der Waals surface area contributed by atoms with Gasteiger partial charge in [-0.15, -0.1) is 70.1 Å². The molecular formula is C34H28Cl2N2Zr. The van der Waals surface area contributed by atoms with E-state index in [4.69, 9.17) is 0 Å². The summed E-state index contributed by atoms with van der Waals surface area (Å²) in [7, 11) is 0. The number of fused-ring (bicyclic) bond motifs is 5. The van der Waals surface area contributed by atoms with Gasteiger partial charge in [-0.1, -0.05) is 30.3 Å². The maximum atomic E-state index is 2.50. The molecule has 5 heteroatoms. The zero-order valence-electron chi connectivity index (χ0n) is 21.5. The van der Waals surface area contributed by atoms with Gasteiger partial charge < -0.3 is 33.9 Å². The van der Waals surface area contributed by atoms with E-state index in [0.29, 0.717) is 0 Å². The molecule has 39 heavy (non-hydrogen) atoms. The summed E-state index contributed by atoms with van der Waals surface area (Å²) in [6.07, 6.45) is 9.20. The van der Waals surface area contributed by atoms with Crippen molar-refractivity contribution in [3.63, 3.8) is 0 Å². The number of halogens is 2. The van der Waals surface area contributed by atoms with E-state index < -0.39 is 0 Å². The van der Waals surface area contributed by atoms with Crippen LogP contribution in [-0.2, 0) is 39.0 Å². The smallest absolute Gasteiger partial charge is 1.00 e. The third-order valence-electron chi connectivity index (χ3n) is 7.58. The summed E-state index contributed by atoms with van der Waals surface area (Å²) in [5.74, 6) is 0. The minimum atomic E-state index is 0. The molecule has 0 saturated heterocycles. The number of aromatic nitrogens is 2. The van der Waals surface area contributed by atoms with Crippen molar-refractivity contribution in [1.82, 2.24) is 9.13 Å². The van der Waals surface area contributed by atoms with Gasteiger partial charge in [-0.25, -0.2) is 0 Å². The van der Waals surface area contributed by atoms with E-state index in [9.17, 15) is 0 Å². The minimum Gasteiger partial charge on any atom is -1.00 e. The van der Waals surface area contributed by atoms with Crippen LogP contribution in [0.15, 0.2) is 122 Å². The molecule has 1 aliphatic carbocycles. The van der Waals surface area contributed by atoms with Crippen molar-refractivity contribution >= 4 is 32.4 Å². The second-order valence-corrected chi connectivity index (χ2v) is 9.72. The SMILES string of the molecule is [Cl-].[Cl-].[Zr+4].c1cc(-n2cccc2)c2cc[cH-]c2c1.c1ccc2[cH-]c(-n3c4c(c5ccccc53)CCCC4)cc2c1. The molecule has 1 aliphatic rings. The molecule has 0 N–H and O–H groups in total. The molecule has 0 amide bonds. The van der Waals surface area contributed by atoms with Crippen LogP contribution in [0, 0.1) is 0 Å². The number of para-hydroxylation sites is 1. The van der Waals surface area contributed by atoms with Gasteiger partial charge in [0, 0.05) is 29.2 Å². The average molecular weight is 627 g/mol. The second kappa shape index (κ2) is 12.6. The Morgan fingerprint density at radius 2 is 1.41 bits per heavy atom. The van der Waals surface area contributed by atoms with Gasteiger partial charge in [0.15, 0.2) is 0 Å². The molecule has 0 unspecified atom stereocenters. The van der Waals surface area contributed by atoms with Crippen molar-refractivity contribution in [3.05, 3.63) is 133 Å². The first kappa shape index (κ1) is 29.2. The first-order valence-electron chi connectivity index (χ1n) is 12.9. The molecule has 2 nitrogen and oxygen atoms in total. The van der Waals surface area contributed by atoms with Gasteiger partial charge in [0.2, 0.25) is 0 Å². The van der Waals surface area contributed by atoms with Crippen LogP contribution in [0.5, 0.6) is 0 Å². The Hall–Kier alpha value is -2.84. The molecule has 2 heterocycles. The molecule has 0 spiro atoms. The van der Waals surface area contributed by atoms with Gasteiger partial charge in [-0.2, -0.15) is 12.1 Å². The molecule has 192 valence electrons. The normalized spacial score (nSPS) is 12.1. The standard InChI is InChI=1S/C21H18N.C13H10N.2ClH.Zr/c1-2-8-16-14-17(13-15(16)7-1)22-20-11-5-3-9-18(20)19-10-4-6-12-21(19)22;1-2-10-14(9-1)13-8-4-6-11-5-3-7-12(11)13;;;/h1-3,5,7-9,11,13-14H,4,6,10,12H2;1-10H;2*1H;/q2*-1;;;+4/p-2. The Bertz CT molecular complexity index is 1770. The summed E-state index contributed by atoms with van der Waals surface area (Å²) in [5, 5.41) is 6.72. The maximum Gasteiger partial charge on any atom is 4.00 e. The van der Waals surface area contributed by atoms with Gasteiger partial charge in [0.25, 0.3) is 0 Å². The number of hydrogen-bond acceptors (Lipinski definition) is 0. The van der Waals surface area contributed by atoms with Crippen molar-refractivity contribution in [2.75, 3.05) is 0 Å². The Kier molecular flexibility index (Phi) is 9.39. The first-order chi connectivity index (χ1) is 17.9. The largest absolute Gasteiger partial charge is 4.00 e. The molecule has 0 aliphatic heterocycles. The Balaban J connectivity index is 0.000000182. The van der Waals surface area contributed by atoms with E-state index in [1.165, 1.54) is 75.2 Å². The summed E-state index contributed by atoms with van der Waals surface area (Å²) in [5.41, 5.74) is 7.04. The van der Waals surface area contributed by atoms with Crippen LogP contribution in [-0.4, -0.2) is 9.13 Å². The molecule has 8 rings (SSSR count). The van der Waals surface area contributed by atoms with Gasteiger partial charge >= 0.3 is 26.2 Å². The van der Waals surface area contributed by atoms with Crippen molar-refractivity contribution in [2.24, 2.45) is 0 Å². The molecule has 7 aromatic rings. The van der Waals surface area contributed by atoms with Gasteiger partial charge in [0.1, 0.15) is 0 Å². The summed E-state index contributed by atoms with van der Waals surface area (Å²) >= 11 is 0. The summed E-state index contributed by atoms with van der Waals surface area (Å²) in [4.78, 5) is 0. The molecule has 0 atom stereocenters. The van der Waals surface area contributed by atoms with E-state index >= 15 is 0 Å². The van der Waals surface area contributed by atoms with E-state index in [1.807, 2.05) is 12.1 Å². The van der Waals surface area contributed by atoms with Crippen molar-refractivity contribution in [2.45, 2.75) is 25.7 Å². The van der Waals surface area contributed by atoms with Crippen LogP contribution in [0.3, 0.4) is 0 Å². The van der Waals surface area contributed by atoms with Crippen molar-refractivity contribution in [1.29, 1.82) is 0 Å². The van der Waals surface area contributed by atoms with E-state index in [2.05, 4.69) is 119 Å². The predicted molar refractivity (Wildman–Crippen MR) is 152 cm³/mol. The van der Waals surface area contributed by atoms with Gasteiger partial charge in [0.05, 0.1) is 5.52 Å². The molecule has 0 radical (unpaired) electrons. The Labute approximate surface area is 260 Å². The van der Waals surface area contributed by atoms with Crippen LogP contribution >= 0.6 is 0 Å². The van der Waals surface area contributed by atoms with Crippen LogP contribution < -0.4 is 24.8 Å². The number of rotatable bonds is 2. The fraction of sp³-hybridized carbons (Fsp3) is 0.118. The zero-order chi connectivity index (χ0) is 23.9. The fourth-order valence-electron chi connectivity index (χ4n) is 5.92. The minimum absolute atomic E-state index is 0. The maximum absolute atomic E-state index is 2.50. The molecule has 5 aromatic carbocycles. The number of aryl methyl sites for hydroxylation is 1. The summed E-state index contributed by atoms with van der Waals surface area (Å²) in [6.45, 7) is 0. The topological polar surface area (TPSA) is 9.86 Å². The third kappa shape index (κ3) is 5.33. The van der Waals surface area contributed by atoms with Crippen LogP contribution in [0.2, 0.25) is 0 Å². The first-order valence-corrected chi connectivity index (χ1v) is 12.9. The molecule has 2 aromatic heterocycles. The number of benzene rings is 3. The molecule has 0 saturated carbocycles. The van der Waals surface area contributed by atoms with E-state index in [0.717, 1.165) is 0 Å². The van der Waals surface area contributed by atoms with Crippen LogP contribution in [0.1, 0.15) is 24.1 Å². The van der Waals surface area contributed by atoms with E-state index in [-0.39, 0.29) is 51.0 Å². The van der Waals surface area contributed by atoms with Gasteiger partial charge in [-0.05, 0) is 55.1 Å². The zero-order valence-corrected chi connectivity index (χ0v) is 25.5. The van der Waals surface area contributed by atoms with E-state index in [1.54, 1.807) is 5.56 Å². The third-order valence-corrected chi connectivity index (χ3v) is 7.58. The van der Waals surface area contributed by atoms with Crippen molar-refractivity contribution < 1.29 is 51.0 Å². The van der Waals surface area contributed by atoms with Crippen molar-refractivity contribution in [3.8, 4) is 11.4 Å². The second-order valence-electron chi connectivity index (χ2n) is 9.72. The Morgan fingerprint density at radius 1 is 0.667 bits per heavy atom. The number of hydrogen-bond donors (Lipinski definition) is 0.